The van der Waals surface area contributed by atoms with Crippen LogP contribution >= 0.6 is 22.6 Å². The molecular weight excluding hydrogens is 277 g/mol. The van der Waals surface area contributed by atoms with Crippen molar-refractivity contribution in [3.63, 3.8) is 0 Å². The van der Waals surface area contributed by atoms with Crippen LogP contribution in [0.15, 0.2) is 18.5 Å². The van der Waals surface area contributed by atoms with Crippen molar-refractivity contribution in [2.45, 2.75) is 19.4 Å². The third-order valence-corrected chi connectivity index (χ3v) is 2.40. The van der Waals surface area contributed by atoms with Crippen molar-refractivity contribution in [3.8, 4) is 0 Å². The van der Waals surface area contributed by atoms with E-state index in [-0.39, 0.29) is 0 Å². The van der Waals surface area contributed by atoms with E-state index in [2.05, 4.69) is 37.9 Å². The van der Waals surface area contributed by atoms with Gasteiger partial charge in [0.15, 0.2) is 0 Å². The maximum Gasteiger partial charge on any atom is 0.141 e. The molecule has 4 heteroatoms. The first kappa shape index (κ1) is 10.8. The molecule has 0 aliphatic heterocycles. The molecule has 0 fully saturated rings. The zero-order valence-electron chi connectivity index (χ0n) is 7.54. The highest BCUT2D eigenvalue weighted by molar-refractivity contribution is 14.1. The first-order valence-corrected chi connectivity index (χ1v) is 5.98. The Hall–Kier alpha value is -0.230. The lowest BCUT2D eigenvalue weighted by Gasteiger charge is -2.01. The van der Waals surface area contributed by atoms with E-state index in [1.165, 1.54) is 17.3 Å². The lowest BCUT2D eigenvalue weighted by Crippen LogP contribution is -2.16. The summed E-state index contributed by atoms with van der Waals surface area (Å²) in [5, 5.41) is 3.31. The second-order valence-electron chi connectivity index (χ2n) is 2.74. The van der Waals surface area contributed by atoms with Crippen LogP contribution in [0.1, 0.15) is 18.7 Å². The van der Waals surface area contributed by atoms with Gasteiger partial charge in [0.05, 0.1) is 6.54 Å². The van der Waals surface area contributed by atoms with Gasteiger partial charge in [-0.2, -0.15) is 0 Å². The normalized spacial score (nSPS) is 10.2. The Labute approximate surface area is 92.5 Å². The van der Waals surface area contributed by atoms with Crippen molar-refractivity contribution in [1.82, 2.24) is 15.3 Å². The van der Waals surface area contributed by atoms with E-state index >= 15 is 0 Å². The van der Waals surface area contributed by atoms with Crippen LogP contribution in [0.2, 0.25) is 0 Å². The summed E-state index contributed by atoms with van der Waals surface area (Å²) in [5.74, 6) is 0.872. The molecule has 0 radical (unpaired) electrons. The van der Waals surface area contributed by atoms with Crippen molar-refractivity contribution < 1.29 is 0 Å². The lowest BCUT2D eigenvalue weighted by atomic mass is 10.3. The first-order valence-electron chi connectivity index (χ1n) is 4.46. The molecule has 3 nitrogen and oxygen atoms in total. The zero-order chi connectivity index (χ0) is 9.36. The largest absolute Gasteiger partial charge is 0.310 e. The molecule has 72 valence electrons. The number of aromatic nitrogens is 2. The Kier molecular flexibility index (Phi) is 6.01. The molecule has 0 aliphatic rings. The van der Waals surface area contributed by atoms with Crippen LogP contribution in [0.5, 0.6) is 0 Å². The Morgan fingerprint density at radius 1 is 1.23 bits per heavy atom. The SMILES string of the molecule is ICCCCNCc1ncccn1. The molecule has 1 aromatic heterocycles. The van der Waals surface area contributed by atoms with Gasteiger partial charge in [0, 0.05) is 12.4 Å². The molecule has 0 aliphatic carbocycles. The smallest absolute Gasteiger partial charge is 0.141 e. The summed E-state index contributed by atoms with van der Waals surface area (Å²) in [4.78, 5) is 8.24. The van der Waals surface area contributed by atoms with Crippen molar-refractivity contribution >= 4 is 22.6 Å². The quantitative estimate of drug-likeness (QED) is 0.493. The third-order valence-electron chi connectivity index (χ3n) is 1.64. The molecule has 13 heavy (non-hydrogen) atoms. The maximum atomic E-state index is 4.12. The van der Waals surface area contributed by atoms with E-state index < -0.39 is 0 Å². The molecule has 0 atom stereocenters. The molecule has 1 aromatic rings. The summed E-state index contributed by atoms with van der Waals surface area (Å²) in [6.07, 6.45) is 6.06. The minimum atomic E-state index is 0.780. The predicted molar refractivity (Wildman–Crippen MR) is 61.9 cm³/mol. The van der Waals surface area contributed by atoms with Crippen LogP contribution < -0.4 is 5.32 Å². The van der Waals surface area contributed by atoms with Crippen molar-refractivity contribution in [2.24, 2.45) is 0 Å². The number of alkyl halides is 1. The molecule has 0 unspecified atom stereocenters. The van der Waals surface area contributed by atoms with Crippen molar-refractivity contribution in [3.05, 3.63) is 24.3 Å². The minimum Gasteiger partial charge on any atom is -0.310 e. The highest BCUT2D eigenvalue weighted by atomic mass is 127. The van der Waals surface area contributed by atoms with Gasteiger partial charge < -0.3 is 5.32 Å². The molecule has 0 saturated heterocycles. The summed E-state index contributed by atoms with van der Waals surface area (Å²) in [6, 6.07) is 1.83. The molecular formula is C9H14IN3. The molecule has 0 saturated carbocycles. The van der Waals surface area contributed by atoms with E-state index in [0.29, 0.717) is 0 Å². The number of halogens is 1. The fourth-order valence-corrected chi connectivity index (χ4v) is 1.51. The van der Waals surface area contributed by atoms with Crippen LogP contribution in [0.4, 0.5) is 0 Å². The maximum absolute atomic E-state index is 4.12. The second kappa shape index (κ2) is 7.20. The summed E-state index contributed by atoms with van der Waals surface area (Å²) >= 11 is 2.40. The van der Waals surface area contributed by atoms with E-state index in [1.807, 2.05) is 6.07 Å². The standard InChI is InChI=1S/C9H14IN3/c10-4-1-2-5-11-8-9-12-6-3-7-13-9/h3,6-7,11H,1-2,4-5,8H2. The number of unbranched alkanes of at least 4 members (excludes halogenated alkanes) is 1. The Bertz CT molecular complexity index is 215. The van der Waals surface area contributed by atoms with Crippen LogP contribution in [-0.4, -0.2) is 20.9 Å². The van der Waals surface area contributed by atoms with Gasteiger partial charge in [-0.15, -0.1) is 0 Å². The summed E-state index contributed by atoms with van der Waals surface area (Å²) in [6.45, 7) is 1.84. The predicted octanol–water partition coefficient (Wildman–Crippen LogP) is 1.78. The van der Waals surface area contributed by atoms with Crippen LogP contribution in [-0.2, 0) is 6.54 Å². The van der Waals surface area contributed by atoms with Crippen molar-refractivity contribution in [2.75, 3.05) is 11.0 Å². The highest BCUT2D eigenvalue weighted by Crippen LogP contribution is 1.93. The average molecular weight is 291 g/mol. The zero-order valence-corrected chi connectivity index (χ0v) is 9.70. The van der Waals surface area contributed by atoms with E-state index in [9.17, 15) is 0 Å². The molecule has 0 aromatic carbocycles. The minimum absolute atomic E-state index is 0.780. The van der Waals surface area contributed by atoms with Gasteiger partial charge in [0.2, 0.25) is 0 Å². The summed E-state index contributed by atoms with van der Waals surface area (Å²) in [5.41, 5.74) is 0. The van der Waals surface area contributed by atoms with Gasteiger partial charge >= 0.3 is 0 Å². The average Bonchev–Trinajstić information content (AvgIpc) is 2.19. The van der Waals surface area contributed by atoms with Gasteiger partial charge in [-0.3, -0.25) is 0 Å². The van der Waals surface area contributed by atoms with Crippen LogP contribution in [0.3, 0.4) is 0 Å². The Balaban J connectivity index is 2.07. The fourth-order valence-electron chi connectivity index (χ4n) is 0.966. The molecule has 0 spiro atoms. The Morgan fingerprint density at radius 2 is 2.00 bits per heavy atom. The molecule has 1 heterocycles. The Morgan fingerprint density at radius 3 is 2.69 bits per heavy atom. The molecule has 1 rings (SSSR count). The topological polar surface area (TPSA) is 37.8 Å². The molecule has 0 amide bonds. The number of rotatable bonds is 6. The molecule has 1 N–H and O–H groups in total. The number of hydrogen-bond acceptors (Lipinski definition) is 3. The highest BCUT2D eigenvalue weighted by Gasteiger charge is 1.92. The van der Waals surface area contributed by atoms with Crippen LogP contribution in [0.25, 0.3) is 0 Å². The number of hydrogen-bond donors (Lipinski definition) is 1. The second-order valence-corrected chi connectivity index (χ2v) is 3.82. The van der Waals surface area contributed by atoms with E-state index in [4.69, 9.17) is 0 Å². The van der Waals surface area contributed by atoms with Crippen molar-refractivity contribution in [1.29, 1.82) is 0 Å². The van der Waals surface area contributed by atoms with E-state index in [0.717, 1.165) is 18.9 Å². The van der Waals surface area contributed by atoms with Gasteiger partial charge in [0.1, 0.15) is 5.82 Å². The third kappa shape index (κ3) is 5.15. The summed E-state index contributed by atoms with van der Waals surface area (Å²) in [7, 11) is 0. The number of nitrogens with zero attached hydrogens (tertiary/aromatic N) is 2. The van der Waals surface area contributed by atoms with Gasteiger partial charge in [-0.1, -0.05) is 22.6 Å². The van der Waals surface area contributed by atoms with E-state index in [1.54, 1.807) is 12.4 Å². The lowest BCUT2D eigenvalue weighted by molar-refractivity contribution is 0.626. The molecule has 0 bridgehead atoms. The first-order chi connectivity index (χ1) is 6.43. The number of nitrogens with one attached hydrogen (secondary N) is 1. The summed E-state index contributed by atoms with van der Waals surface area (Å²) < 4.78 is 1.24. The van der Waals surface area contributed by atoms with Crippen LogP contribution in [0, 0.1) is 0 Å². The fraction of sp³-hybridized carbons (Fsp3) is 0.556. The van der Waals surface area contributed by atoms with Gasteiger partial charge in [0.25, 0.3) is 0 Å². The van der Waals surface area contributed by atoms with Gasteiger partial charge in [-0.25, -0.2) is 9.97 Å². The van der Waals surface area contributed by atoms with Gasteiger partial charge in [-0.05, 0) is 29.9 Å². The monoisotopic (exact) mass is 291 g/mol.